The first-order valence-corrected chi connectivity index (χ1v) is 9.38. The van der Waals surface area contributed by atoms with Crippen molar-refractivity contribution in [3.8, 4) is 0 Å². The Bertz CT molecular complexity index is 898. The van der Waals surface area contributed by atoms with E-state index in [1.807, 2.05) is 20.8 Å². The van der Waals surface area contributed by atoms with Crippen molar-refractivity contribution in [3.63, 3.8) is 0 Å². The van der Waals surface area contributed by atoms with Crippen molar-refractivity contribution in [3.05, 3.63) is 59.7 Å². The Morgan fingerprint density at radius 1 is 0.964 bits per heavy atom. The van der Waals surface area contributed by atoms with Crippen molar-refractivity contribution >= 4 is 29.1 Å². The monoisotopic (exact) mass is 379 g/mol. The Hall–Kier alpha value is -3.15. The number of rotatable bonds is 4. The van der Waals surface area contributed by atoms with Crippen molar-refractivity contribution in [1.82, 2.24) is 5.32 Å². The standard InChI is InChI=1S/C22H25N3O3/c1-22(2,3)24-21(28)17-7-4-5-8-18(17)23-20(27)15-10-12-16(13-11-15)25-14-6-9-19(25)26/h4-5,7-8,10-13H,6,9,14H2,1-3H3,(H,23,27)(H,24,28). The van der Waals surface area contributed by atoms with Gasteiger partial charge < -0.3 is 15.5 Å². The average molecular weight is 379 g/mol. The van der Waals surface area contributed by atoms with Gasteiger partial charge in [-0.1, -0.05) is 12.1 Å². The van der Waals surface area contributed by atoms with Gasteiger partial charge in [-0.25, -0.2) is 0 Å². The summed E-state index contributed by atoms with van der Waals surface area (Å²) in [4.78, 5) is 38.7. The molecule has 28 heavy (non-hydrogen) atoms. The Labute approximate surface area is 164 Å². The highest BCUT2D eigenvalue weighted by Gasteiger charge is 2.22. The highest BCUT2D eigenvalue weighted by molar-refractivity contribution is 6.09. The van der Waals surface area contributed by atoms with Crippen LogP contribution in [0.5, 0.6) is 0 Å². The van der Waals surface area contributed by atoms with E-state index in [1.54, 1.807) is 53.4 Å². The van der Waals surface area contributed by atoms with Crippen LogP contribution in [0.2, 0.25) is 0 Å². The van der Waals surface area contributed by atoms with Crippen LogP contribution in [0.15, 0.2) is 48.5 Å². The quantitative estimate of drug-likeness (QED) is 0.852. The van der Waals surface area contributed by atoms with E-state index in [-0.39, 0.29) is 23.3 Å². The highest BCUT2D eigenvalue weighted by Crippen LogP contribution is 2.22. The number of carbonyl (C=O) groups is 3. The highest BCUT2D eigenvalue weighted by atomic mass is 16.2. The average Bonchev–Trinajstić information content (AvgIpc) is 3.07. The number of nitrogens with one attached hydrogen (secondary N) is 2. The van der Waals surface area contributed by atoms with Crippen molar-refractivity contribution in [1.29, 1.82) is 0 Å². The smallest absolute Gasteiger partial charge is 0.255 e. The van der Waals surface area contributed by atoms with Crippen LogP contribution in [0, 0.1) is 0 Å². The van der Waals surface area contributed by atoms with Gasteiger partial charge in [0.05, 0.1) is 11.3 Å². The molecule has 1 saturated heterocycles. The van der Waals surface area contributed by atoms with Crippen LogP contribution in [-0.2, 0) is 4.79 Å². The molecular formula is C22H25N3O3. The molecule has 1 aliphatic rings. The van der Waals surface area contributed by atoms with Crippen LogP contribution in [-0.4, -0.2) is 29.8 Å². The molecule has 0 saturated carbocycles. The van der Waals surface area contributed by atoms with Gasteiger partial charge in [-0.15, -0.1) is 0 Å². The zero-order valence-corrected chi connectivity index (χ0v) is 16.4. The minimum absolute atomic E-state index is 0.107. The minimum Gasteiger partial charge on any atom is -0.347 e. The van der Waals surface area contributed by atoms with Crippen LogP contribution in [0.3, 0.4) is 0 Å². The fourth-order valence-corrected chi connectivity index (χ4v) is 3.11. The fraction of sp³-hybridized carbons (Fsp3) is 0.318. The number of para-hydroxylation sites is 1. The molecule has 0 aliphatic carbocycles. The van der Waals surface area contributed by atoms with Crippen molar-refractivity contribution in [2.75, 3.05) is 16.8 Å². The van der Waals surface area contributed by atoms with Gasteiger partial charge in [-0.05, 0) is 63.6 Å². The normalized spacial score (nSPS) is 14.1. The summed E-state index contributed by atoms with van der Waals surface area (Å²) in [6.07, 6.45) is 1.42. The molecule has 1 aliphatic heterocycles. The molecule has 2 aromatic carbocycles. The van der Waals surface area contributed by atoms with Crippen molar-refractivity contribution < 1.29 is 14.4 Å². The van der Waals surface area contributed by atoms with E-state index in [0.717, 1.165) is 12.1 Å². The summed E-state index contributed by atoms with van der Waals surface area (Å²) < 4.78 is 0. The number of benzene rings is 2. The first kappa shape index (κ1) is 19.6. The third-order valence-corrected chi connectivity index (χ3v) is 4.42. The van der Waals surface area contributed by atoms with E-state index in [2.05, 4.69) is 10.6 Å². The van der Waals surface area contributed by atoms with Gasteiger partial charge in [0.1, 0.15) is 0 Å². The molecule has 0 aromatic heterocycles. The summed E-state index contributed by atoms with van der Waals surface area (Å²) in [5, 5.41) is 5.71. The summed E-state index contributed by atoms with van der Waals surface area (Å²) in [6.45, 7) is 6.41. The molecule has 2 aromatic rings. The second-order valence-corrected chi connectivity index (χ2v) is 7.90. The van der Waals surface area contributed by atoms with Gasteiger partial charge in [0, 0.05) is 29.8 Å². The maximum absolute atomic E-state index is 12.6. The molecule has 3 amide bonds. The van der Waals surface area contributed by atoms with Crippen LogP contribution in [0.4, 0.5) is 11.4 Å². The molecule has 0 spiro atoms. The van der Waals surface area contributed by atoms with Gasteiger partial charge in [-0.2, -0.15) is 0 Å². The van der Waals surface area contributed by atoms with E-state index in [0.29, 0.717) is 29.8 Å². The lowest BCUT2D eigenvalue weighted by Crippen LogP contribution is -2.40. The van der Waals surface area contributed by atoms with Crippen LogP contribution < -0.4 is 15.5 Å². The lowest BCUT2D eigenvalue weighted by molar-refractivity contribution is -0.117. The molecule has 2 N–H and O–H groups in total. The first-order valence-electron chi connectivity index (χ1n) is 9.38. The van der Waals surface area contributed by atoms with E-state index in [4.69, 9.17) is 0 Å². The zero-order chi connectivity index (χ0) is 20.3. The second-order valence-electron chi connectivity index (χ2n) is 7.90. The Balaban J connectivity index is 1.75. The lowest BCUT2D eigenvalue weighted by Gasteiger charge is -2.21. The Morgan fingerprint density at radius 3 is 2.25 bits per heavy atom. The number of hydrogen-bond acceptors (Lipinski definition) is 3. The van der Waals surface area contributed by atoms with Gasteiger partial charge in [0.15, 0.2) is 0 Å². The Morgan fingerprint density at radius 2 is 1.64 bits per heavy atom. The predicted molar refractivity (Wildman–Crippen MR) is 110 cm³/mol. The van der Waals surface area contributed by atoms with E-state index in [1.165, 1.54) is 0 Å². The summed E-state index contributed by atoms with van der Waals surface area (Å²) in [5.74, 6) is -0.447. The Kier molecular flexibility index (Phi) is 5.49. The molecular weight excluding hydrogens is 354 g/mol. The van der Waals surface area contributed by atoms with Crippen LogP contribution in [0.25, 0.3) is 0 Å². The molecule has 3 rings (SSSR count). The van der Waals surface area contributed by atoms with Gasteiger partial charge in [0.25, 0.3) is 11.8 Å². The zero-order valence-electron chi connectivity index (χ0n) is 16.4. The maximum atomic E-state index is 12.6. The van der Waals surface area contributed by atoms with E-state index >= 15 is 0 Å². The molecule has 6 nitrogen and oxygen atoms in total. The summed E-state index contributed by atoms with van der Waals surface area (Å²) in [7, 11) is 0. The molecule has 6 heteroatoms. The number of amides is 3. The van der Waals surface area contributed by atoms with Gasteiger partial charge in [0.2, 0.25) is 5.91 Å². The number of anilines is 2. The number of hydrogen-bond donors (Lipinski definition) is 2. The third-order valence-electron chi connectivity index (χ3n) is 4.42. The SMILES string of the molecule is CC(C)(C)NC(=O)c1ccccc1NC(=O)c1ccc(N2CCCC2=O)cc1. The number of nitrogens with zero attached hydrogens (tertiary/aromatic N) is 1. The predicted octanol–water partition coefficient (Wildman–Crippen LogP) is 3.59. The second kappa shape index (κ2) is 7.84. The molecule has 0 atom stereocenters. The first-order chi connectivity index (χ1) is 13.2. The summed E-state index contributed by atoms with van der Waals surface area (Å²) in [5.41, 5.74) is 1.74. The summed E-state index contributed by atoms with van der Waals surface area (Å²) in [6, 6.07) is 13.8. The minimum atomic E-state index is -0.378. The van der Waals surface area contributed by atoms with Crippen molar-refractivity contribution in [2.24, 2.45) is 0 Å². The molecule has 1 heterocycles. The maximum Gasteiger partial charge on any atom is 0.255 e. The van der Waals surface area contributed by atoms with Crippen molar-refractivity contribution in [2.45, 2.75) is 39.2 Å². The van der Waals surface area contributed by atoms with Crippen LogP contribution >= 0.6 is 0 Å². The van der Waals surface area contributed by atoms with E-state index in [9.17, 15) is 14.4 Å². The molecule has 0 radical (unpaired) electrons. The number of carbonyl (C=O) groups excluding carboxylic acids is 3. The van der Waals surface area contributed by atoms with Gasteiger partial charge >= 0.3 is 0 Å². The topological polar surface area (TPSA) is 78.5 Å². The lowest BCUT2D eigenvalue weighted by atomic mass is 10.1. The molecule has 0 bridgehead atoms. The fourth-order valence-electron chi connectivity index (χ4n) is 3.11. The van der Waals surface area contributed by atoms with Gasteiger partial charge in [-0.3, -0.25) is 14.4 Å². The molecule has 1 fully saturated rings. The third kappa shape index (κ3) is 4.57. The molecule has 0 unspecified atom stereocenters. The van der Waals surface area contributed by atoms with E-state index < -0.39 is 0 Å². The largest absolute Gasteiger partial charge is 0.347 e. The summed E-state index contributed by atoms with van der Waals surface area (Å²) >= 11 is 0. The van der Waals surface area contributed by atoms with Crippen LogP contribution in [0.1, 0.15) is 54.3 Å². The molecule has 146 valence electrons.